The number of benzene rings is 3. The van der Waals surface area contributed by atoms with Crippen molar-refractivity contribution in [1.82, 2.24) is 9.97 Å². The van der Waals surface area contributed by atoms with E-state index in [4.69, 9.17) is 5.73 Å². The van der Waals surface area contributed by atoms with Crippen LogP contribution in [0.25, 0.3) is 21.8 Å². The van der Waals surface area contributed by atoms with E-state index in [1.807, 2.05) is 18.2 Å². The Labute approximate surface area is 183 Å². The molecule has 0 aliphatic rings. The van der Waals surface area contributed by atoms with Crippen molar-refractivity contribution in [3.8, 4) is 0 Å². The Kier molecular flexibility index (Phi) is 5.76. The quantitative estimate of drug-likeness (QED) is 0.322. The van der Waals surface area contributed by atoms with E-state index < -0.39 is 9.84 Å². The molecule has 0 aliphatic carbocycles. The van der Waals surface area contributed by atoms with Crippen LogP contribution in [-0.2, 0) is 16.4 Å². The summed E-state index contributed by atoms with van der Waals surface area (Å²) in [4.78, 5) is 6.79. The molecular formula is C23H20BrN3O2S. The fourth-order valence-electron chi connectivity index (χ4n) is 3.26. The lowest BCUT2D eigenvalue weighted by atomic mass is 10.2. The first-order valence-electron chi connectivity index (χ1n) is 9.32. The number of halogens is 1. The number of hydrogen-bond acceptors (Lipinski definition) is 3. The van der Waals surface area contributed by atoms with Gasteiger partial charge in [-0.15, -0.1) is 0 Å². The van der Waals surface area contributed by atoms with Crippen molar-refractivity contribution in [2.24, 2.45) is 5.73 Å². The van der Waals surface area contributed by atoms with E-state index in [0.29, 0.717) is 16.8 Å². The van der Waals surface area contributed by atoms with Gasteiger partial charge in [0, 0.05) is 34.5 Å². The van der Waals surface area contributed by atoms with Crippen LogP contribution in [0, 0.1) is 0 Å². The average Bonchev–Trinajstić information content (AvgIpc) is 3.39. The van der Waals surface area contributed by atoms with Gasteiger partial charge in [0.25, 0.3) is 0 Å². The maximum Gasteiger partial charge on any atom is 0.207 e. The fourth-order valence-corrected chi connectivity index (χ4v) is 5.19. The number of aromatic nitrogens is 2. The highest BCUT2D eigenvalue weighted by Gasteiger charge is 2.20. The molecule has 0 saturated carbocycles. The number of aromatic amines is 2. The number of rotatable bonds is 3. The Hall–Kier alpha value is -2.87. The van der Waals surface area contributed by atoms with Gasteiger partial charge in [0.1, 0.15) is 0 Å². The van der Waals surface area contributed by atoms with Crippen molar-refractivity contribution in [2.45, 2.75) is 16.3 Å². The molecule has 3 aromatic carbocycles. The van der Waals surface area contributed by atoms with Crippen molar-refractivity contribution in [1.29, 1.82) is 0 Å². The van der Waals surface area contributed by atoms with Gasteiger partial charge in [0.05, 0.1) is 14.4 Å². The maximum atomic E-state index is 12.7. The first-order valence-corrected chi connectivity index (χ1v) is 11.6. The molecule has 5 rings (SSSR count). The molecule has 0 saturated heterocycles. The first kappa shape index (κ1) is 20.4. The number of nitrogens with two attached hydrogens (primary N) is 1. The van der Waals surface area contributed by atoms with E-state index in [0.717, 1.165) is 15.7 Å². The second kappa shape index (κ2) is 8.47. The van der Waals surface area contributed by atoms with Crippen LogP contribution in [0.2, 0.25) is 0 Å². The monoisotopic (exact) mass is 481 g/mol. The number of hydrogen-bond donors (Lipinski definition) is 3. The summed E-state index contributed by atoms with van der Waals surface area (Å²) in [6, 6.07) is 23.9. The largest absolute Gasteiger partial charge is 0.361 e. The summed E-state index contributed by atoms with van der Waals surface area (Å²) in [6.07, 6.45) is 1.74. The Balaban J connectivity index is 0.000000181. The molecular weight excluding hydrogens is 462 g/mol. The van der Waals surface area contributed by atoms with Crippen LogP contribution in [0.5, 0.6) is 0 Å². The van der Waals surface area contributed by atoms with Crippen molar-refractivity contribution in [3.63, 3.8) is 0 Å². The lowest BCUT2D eigenvalue weighted by molar-refractivity contribution is 0.597. The highest BCUT2D eigenvalue weighted by molar-refractivity contribution is 9.10. The predicted molar refractivity (Wildman–Crippen MR) is 124 cm³/mol. The van der Waals surface area contributed by atoms with E-state index in [9.17, 15) is 8.42 Å². The lowest BCUT2D eigenvalue weighted by Crippen LogP contribution is -2.03. The minimum Gasteiger partial charge on any atom is -0.361 e. The maximum absolute atomic E-state index is 12.7. The molecule has 0 radical (unpaired) electrons. The Bertz CT molecular complexity index is 1370. The molecule has 152 valence electrons. The topological polar surface area (TPSA) is 91.7 Å². The molecule has 0 amide bonds. The normalized spacial score (nSPS) is 11.4. The number of sulfone groups is 1. The fraction of sp³-hybridized carbons (Fsp3) is 0.0435. The van der Waals surface area contributed by atoms with E-state index in [2.05, 4.69) is 44.1 Å². The minimum atomic E-state index is -3.52. The Morgan fingerprint density at radius 3 is 2.33 bits per heavy atom. The molecule has 2 aromatic heterocycles. The molecule has 30 heavy (non-hydrogen) atoms. The van der Waals surface area contributed by atoms with Crippen LogP contribution in [0.1, 0.15) is 5.56 Å². The molecule has 0 unspecified atom stereocenters. The van der Waals surface area contributed by atoms with E-state index in [1.165, 1.54) is 10.9 Å². The predicted octanol–water partition coefficient (Wildman–Crippen LogP) is 5.39. The molecule has 0 bridgehead atoms. The summed E-state index contributed by atoms with van der Waals surface area (Å²) < 4.78 is 26.4. The standard InChI is InChI=1S/C15H14N2O2S.C8H6BrN/c16-10-11-4-6-12(7-5-11)20(18,19)15-3-1-2-14-13(15)8-9-17-14;9-8-5-6-3-1-2-4-7(6)10-8/h1-9,17H,10,16H2;1-5,10H. The van der Waals surface area contributed by atoms with Gasteiger partial charge in [-0.2, -0.15) is 0 Å². The van der Waals surface area contributed by atoms with Crippen LogP contribution >= 0.6 is 15.9 Å². The molecule has 4 N–H and O–H groups in total. The molecule has 5 nitrogen and oxygen atoms in total. The Morgan fingerprint density at radius 1 is 0.867 bits per heavy atom. The second-order valence-electron chi connectivity index (χ2n) is 6.75. The smallest absolute Gasteiger partial charge is 0.207 e. The summed E-state index contributed by atoms with van der Waals surface area (Å²) in [5, 5.41) is 1.95. The summed E-state index contributed by atoms with van der Waals surface area (Å²) in [7, 11) is -3.52. The first-order chi connectivity index (χ1) is 14.5. The minimum absolute atomic E-state index is 0.281. The van der Waals surface area contributed by atoms with Gasteiger partial charge < -0.3 is 15.7 Å². The zero-order valence-electron chi connectivity index (χ0n) is 16.0. The van der Waals surface area contributed by atoms with Crippen LogP contribution < -0.4 is 5.73 Å². The third-order valence-corrected chi connectivity index (χ3v) is 7.07. The van der Waals surface area contributed by atoms with Crippen molar-refractivity contribution >= 4 is 47.6 Å². The van der Waals surface area contributed by atoms with Crippen LogP contribution in [0.3, 0.4) is 0 Å². The molecule has 0 atom stereocenters. The van der Waals surface area contributed by atoms with Gasteiger partial charge >= 0.3 is 0 Å². The third-order valence-electron chi connectivity index (χ3n) is 4.81. The zero-order valence-corrected chi connectivity index (χ0v) is 18.4. The van der Waals surface area contributed by atoms with E-state index in [1.54, 1.807) is 48.7 Å². The number of nitrogens with one attached hydrogen (secondary N) is 2. The molecule has 0 spiro atoms. The van der Waals surface area contributed by atoms with Gasteiger partial charge in [-0.3, -0.25) is 0 Å². The molecule has 0 fully saturated rings. The van der Waals surface area contributed by atoms with Gasteiger partial charge in [-0.05, 0) is 64.0 Å². The zero-order chi connectivity index (χ0) is 21.1. The van der Waals surface area contributed by atoms with Crippen molar-refractivity contribution in [2.75, 3.05) is 0 Å². The molecule has 2 heterocycles. The molecule has 7 heteroatoms. The molecule has 0 aliphatic heterocycles. The lowest BCUT2D eigenvalue weighted by Gasteiger charge is -2.07. The summed E-state index contributed by atoms with van der Waals surface area (Å²) in [5.74, 6) is 0. The number of H-pyrrole nitrogens is 2. The van der Waals surface area contributed by atoms with Crippen molar-refractivity contribution < 1.29 is 8.42 Å². The summed E-state index contributed by atoms with van der Waals surface area (Å²) in [6.45, 7) is 0.397. The number of fused-ring (bicyclic) bond motifs is 2. The third kappa shape index (κ3) is 4.05. The SMILES string of the molecule is Brc1cc2ccccc2[nH]1.NCc1ccc(S(=O)(=O)c2cccc3[nH]ccc23)cc1. The van der Waals surface area contributed by atoms with Gasteiger partial charge in [-0.25, -0.2) is 8.42 Å². The Morgan fingerprint density at radius 2 is 1.60 bits per heavy atom. The second-order valence-corrected chi connectivity index (χ2v) is 9.52. The van der Waals surface area contributed by atoms with Crippen LogP contribution in [-0.4, -0.2) is 18.4 Å². The number of para-hydroxylation sites is 1. The highest BCUT2D eigenvalue weighted by Crippen LogP contribution is 2.28. The van der Waals surface area contributed by atoms with E-state index >= 15 is 0 Å². The van der Waals surface area contributed by atoms with Crippen LogP contribution in [0.4, 0.5) is 0 Å². The summed E-state index contributed by atoms with van der Waals surface area (Å²) >= 11 is 3.37. The summed E-state index contributed by atoms with van der Waals surface area (Å²) in [5.41, 5.74) is 8.42. The van der Waals surface area contributed by atoms with Gasteiger partial charge in [0.2, 0.25) is 9.84 Å². The van der Waals surface area contributed by atoms with Crippen LogP contribution in [0.15, 0.2) is 99.5 Å². The van der Waals surface area contributed by atoms with Gasteiger partial charge in [0.15, 0.2) is 0 Å². The molecule has 5 aromatic rings. The highest BCUT2D eigenvalue weighted by atomic mass is 79.9. The van der Waals surface area contributed by atoms with E-state index in [-0.39, 0.29) is 4.90 Å². The van der Waals surface area contributed by atoms with Gasteiger partial charge in [-0.1, -0.05) is 36.4 Å². The average molecular weight is 482 g/mol. The van der Waals surface area contributed by atoms with Crippen molar-refractivity contribution in [3.05, 3.63) is 95.2 Å².